The van der Waals surface area contributed by atoms with E-state index >= 15 is 0 Å². The summed E-state index contributed by atoms with van der Waals surface area (Å²) in [4.78, 5) is 75.0. The van der Waals surface area contributed by atoms with Crippen LogP contribution in [-0.4, -0.2) is 81.7 Å². The van der Waals surface area contributed by atoms with Gasteiger partial charge in [0.05, 0.1) is 0 Å². The highest BCUT2D eigenvalue weighted by molar-refractivity contribution is 8.00. The van der Waals surface area contributed by atoms with Gasteiger partial charge in [0, 0.05) is 12.3 Å². The van der Waals surface area contributed by atoms with Crippen LogP contribution in [0.5, 0.6) is 0 Å². The van der Waals surface area contributed by atoms with Gasteiger partial charge < -0.3 is 29.8 Å². The summed E-state index contributed by atoms with van der Waals surface area (Å²) in [6.07, 6.45) is 1.27. The smallest absolute Gasteiger partial charge is 0.347 e. The fraction of sp³-hybridized carbons (Fsp3) is 0.306. The van der Waals surface area contributed by atoms with Crippen LogP contribution >= 0.6 is 11.8 Å². The fourth-order valence-corrected chi connectivity index (χ4v) is 6.91. The Morgan fingerprint density at radius 1 is 1.06 bits per heavy atom. The number of β-lactam (4-membered cyclic amide) rings is 1. The van der Waals surface area contributed by atoms with Crippen LogP contribution < -0.4 is 10.6 Å². The predicted octanol–water partition coefficient (Wildman–Crippen LogP) is 3.62. The molecule has 3 aromatic rings. The van der Waals surface area contributed by atoms with Gasteiger partial charge in [-0.25, -0.2) is 9.78 Å². The van der Waals surface area contributed by atoms with Crippen molar-refractivity contribution in [3.8, 4) is 0 Å². The number of pyridine rings is 1. The molecule has 14 heteroatoms. The number of oxime groups is 1. The molecule has 260 valence electrons. The third-order valence-electron chi connectivity index (χ3n) is 7.79. The lowest BCUT2D eigenvalue weighted by molar-refractivity contribution is -0.162. The van der Waals surface area contributed by atoms with Gasteiger partial charge in [-0.1, -0.05) is 78.0 Å². The minimum absolute atomic E-state index is 0.00934. The number of carbonyl (C=O) groups excluding carboxylic acids is 5. The zero-order valence-electron chi connectivity index (χ0n) is 27.7. The maximum Gasteiger partial charge on any atom is 0.347 e. The van der Waals surface area contributed by atoms with E-state index in [4.69, 9.17) is 14.3 Å². The molecule has 0 saturated carbocycles. The molecule has 0 radical (unpaired) electrons. The quantitative estimate of drug-likeness (QED) is 0.0672. The first-order chi connectivity index (χ1) is 23.9. The van der Waals surface area contributed by atoms with Crippen LogP contribution in [0, 0.1) is 5.41 Å². The zero-order valence-corrected chi connectivity index (χ0v) is 28.6. The van der Waals surface area contributed by atoms with E-state index in [1.54, 1.807) is 20.8 Å². The molecule has 2 N–H and O–H groups in total. The van der Waals surface area contributed by atoms with Crippen molar-refractivity contribution in [3.63, 3.8) is 0 Å². The average Bonchev–Trinajstić information content (AvgIpc) is 3.11. The van der Waals surface area contributed by atoms with Crippen molar-refractivity contribution < 1.29 is 38.3 Å². The topological polar surface area (TPSA) is 166 Å². The highest BCUT2D eigenvalue weighted by Gasteiger charge is 2.57. The SMILES string of the molecule is C=CC1(C(=O)OC(c2ccccc2)c2ccccc2)CS[C@@H]2C(NC(=O)C(=NOCC(=O)OC(C)(C)C)c3cccc(NC=O)n3)C(=O)N2C1. The maximum atomic E-state index is 13.9. The molecular formula is C36H37N5O8S. The molecule has 0 spiro atoms. The second-order valence-corrected chi connectivity index (χ2v) is 13.7. The van der Waals surface area contributed by atoms with Crippen molar-refractivity contribution in [3.05, 3.63) is 108 Å². The Labute approximate surface area is 293 Å². The summed E-state index contributed by atoms with van der Waals surface area (Å²) in [5, 5.41) is 8.46. The monoisotopic (exact) mass is 699 g/mol. The van der Waals surface area contributed by atoms with Crippen LogP contribution in [0.2, 0.25) is 0 Å². The van der Waals surface area contributed by atoms with Crippen LogP contribution in [0.4, 0.5) is 5.82 Å². The lowest BCUT2D eigenvalue weighted by atomic mass is 9.87. The molecule has 2 aromatic carbocycles. The van der Waals surface area contributed by atoms with Gasteiger partial charge in [-0.05, 0) is 44.0 Å². The first-order valence-corrected chi connectivity index (χ1v) is 16.8. The summed E-state index contributed by atoms with van der Waals surface area (Å²) in [5.74, 6) is -2.09. The molecule has 0 bridgehead atoms. The van der Waals surface area contributed by atoms with E-state index in [2.05, 4.69) is 27.4 Å². The molecule has 2 aliphatic heterocycles. The van der Waals surface area contributed by atoms with Gasteiger partial charge in [-0.15, -0.1) is 18.3 Å². The summed E-state index contributed by atoms with van der Waals surface area (Å²) >= 11 is 1.31. The van der Waals surface area contributed by atoms with Gasteiger partial charge >= 0.3 is 11.9 Å². The van der Waals surface area contributed by atoms with E-state index in [0.717, 1.165) is 11.1 Å². The van der Waals surface area contributed by atoms with Crippen molar-refractivity contribution in [2.75, 3.05) is 24.2 Å². The predicted molar refractivity (Wildman–Crippen MR) is 186 cm³/mol. The number of carbonyl (C=O) groups is 5. The van der Waals surface area contributed by atoms with E-state index in [0.29, 0.717) is 6.41 Å². The molecule has 13 nitrogen and oxygen atoms in total. The van der Waals surface area contributed by atoms with Crippen LogP contribution in [-0.2, 0) is 38.3 Å². The molecule has 50 heavy (non-hydrogen) atoms. The third-order valence-corrected chi connectivity index (χ3v) is 9.34. The number of hydrogen-bond acceptors (Lipinski definition) is 11. The maximum absolute atomic E-state index is 13.9. The number of rotatable bonds is 13. The Morgan fingerprint density at radius 3 is 2.32 bits per heavy atom. The molecule has 3 atom stereocenters. The molecule has 1 aromatic heterocycles. The van der Waals surface area contributed by atoms with Crippen molar-refractivity contribution in [2.24, 2.45) is 10.6 Å². The minimum atomic E-state index is -1.20. The zero-order chi connectivity index (χ0) is 35.9. The molecule has 2 saturated heterocycles. The van der Waals surface area contributed by atoms with Crippen LogP contribution in [0.3, 0.4) is 0 Å². The molecule has 3 amide bonds. The number of amides is 3. The molecule has 5 rings (SSSR count). The van der Waals surface area contributed by atoms with E-state index in [9.17, 15) is 24.0 Å². The van der Waals surface area contributed by atoms with Gasteiger partial charge in [-0.2, -0.15) is 0 Å². The van der Waals surface area contributed by atoms with Crippen molar-refractivity contribution in [1.29, 1.82) is 0 Å². The summed E-state index contributed by atoms with van der Waals surface area (Å²) in [7, 11) is 0. The van der Waals surface area contributed by atoms with Crippen molar-refractivity contribution in [1.82, 2.24) is 15.2 Å². The van der Waals surface area contributed by atoms with Crippen molar-refractivity contribution >= 4 is 53.5 Å². The van der Waals surface area contributed by atoms with Crippen molar-refractivity contribution in [2.45, 2.75) is 43.9 Å². The van der Waals surface area contributed by atoms with Gasteiger partial charge in [-0.3, -0.25) is 19.2 Å². The first-order valence-electron chi connectivity index (χ1n) is 15.7. The summed E-state index contributed by atoms with van der Waals surface area (Å²) in [6.45, 7) is 8.42. The van der Waals surface area contributed by atoms with Crippen LogP contribution in [0.15, 0.2) is 96.7 Å². The Kier molecular flexibility index (Phi) is 11.0. The second kappa shape index (κ2) is 15.4. The summed E-state index contributed by atoms with van der Waals surface area (Å²) < 4.78 is 11.4. The average molecular weight is 700 g/mol. The lowest BCUT2D eigenvalue weighted by Gasteiger charge is -2.53. The number of aromatic nitrogens is 1. The standard InChI is InChI=1S/C36H37N5O8S/c1-5-36(34(46)48-30(23-13-8-6-9-14-23)24-15-10-7-11-16-24)20-41-32(45)29(33(41)50-21-36)39-31(44)28(25-17-12-18-26(38-25)37-22-42)40-47-19-27(43)49-35(2,3)4/h5-18,22,29-30,33H,1,19-21H2,2-4H3,(H,39,44)(H,37,38,42)/t29?,33-,36?/m1/s1. The van der Waals surface area contributed by atoms with Gasteiger partial charge in [0.1, 0.15) is 33.9 Å². The highest BCUT2D eigenvalue weighted by Crippen LogP contribution is 2.44. The third kappa shape index (κ3) is 8.20. The number of fused-ring (bicyclic) bond motifs is 1. The fourth-order valence-electron chi connectivity index (χ4n) is 5.38. The minimum Gasteiger partial charge on any atom is -0.457 e. The second-order valence-electron chi connectivity index (χ2n) is 12.6. The Bertz CT molecular complexity index is 1740. The molecule has 2 fully saturated rings. The largest absolute Gasteiger partial charge is 0.457 e. The molecular weight excluding hydrogens is 662 g/mol. The normalized spacial score (nSPS) is 20.1. The number of ether oxygens (including phenoxy) is 2. The van der Waals surface area contributed by atoms with Crippen LogP contribution in [0.25, 0.3) is 0 Å². The van der Waals surface area contributed by atoms with E-state index < -0.39 is 58.9 Å². The van der Waals surface area contributed by atoms with Gasteiger partial charge in [0.2, 0.25) is 18.9 Å². The number of esters is 2. The Morgan fingerprint density at radius 2 is 1.72 bits per heavy atom. The van der Waals surface area contributed by atoms with Crippen LogP contribution in [0.1, 0.15) is 43.7 Å². The molecule has 3 heterocycles. The highest BCUT2D eigenvalue weighted by atomic mass is 32.2. The number of hydrogen-bond donors (Lipinski definition) is 2. The van der Waals surface area contributed by atoms with Gasteiger partial charge in [0.15, 0.2) is 11.8 Å². The molecule has 0 aliphatic carbocycles. The lowest BCUT2D eigenvalue weighted by Crippen LogP contribution is -2.73. The van der Waals surface area contributed by atoms with Gasteiger partial charge in [0.25, 0.3) is 5.91 Å². The molecule has 2 aliphatic rings. The number of benzene rings is 2. The first kappa shape index (κ1) is 35.8. The number of thioether (sulfide) groups is 1. The summed E-state index contributed by atoms with van der Waals surface area (Å²) in [5.41, 5.74) is -0.702. The molecule has 2 unspecified atom stereocenters. The number of nitrogens with zero attached hydrogens (tertiary/aromatic N) is 3. The number of nitrogens with one attached hydrogen (secondary N) is 2. The number of anilines is 1. The summed E-state index contributed by atoms with van der Waals surface area (Å²) in [6, 6.07) is 22.3. The van der Waals surface area contributed by atoms with E-state index in [1.807, 2.05) is 60.7 Å². The van der Waals surface area contributed by atoms with E-state index in [-0.39, 0.29) is 29.5 Å². The Balaban J connectivity index is 1.30. The van der Waals surface area contributed by atoms with E-state index in [1.165, 1.54) is 40.9 Å². The Hall–Kier alpha value is -5.50.